The molecule has 4 heterocycles. The predicted molar refractivity (Wildman–Crippen MR) is 213 cm³/mol. The van der Waals surface area contributed by atoms with Crippen LogP contribution in [0.5, 0.6) is 23.0 Å². The number of hydrogen-bond acceptors (Lipinski definition) is 15. The number of hydrogen-bond donors (Lipinski definition) is 6. The minimum absolute atomic E-state index is 0.0377. The number of phenolic OH excluding ortho intramolecular Hbond substituents is 3. The van der Waals surface area contributed by atoms with Crippen LogP contribution in [0.25, 0.3) is 10.8 Å². The molecule has 0 aliphatic carbocycles. The Balaban J connectivity index is 1.72. The Labute approximate surface area is 334 Å². The van der Waals surface area contributed by atoms with Gasteiger partial charge >= 0.3 is 11.8 Å². The smallest absolute Gasteiger partial charge is 0.312 e. The molecule has 306 valence electrons. The van der Waals surface area contributed by atoms with Crippen molar-refractivity contribution in [2.45, 2.75) is 85.6 Å². The molecule has 15 nitrogen and oxygen atoms in total. The van der Waals surface area contributed by atoms with Gasteiger partial charge in [-0.25, -0.2) is 9.98 Å². The van der Waals surface area contributed by atoms with Crippen LogP contribution in [0.15, 0.2) is 52.7 Å². The van der Waals surface area contributed by atoms with Crippen molar-refractivity contribution < 1.29 is 58.9 Å². The van der Waals surface area contributed by atoms with Crippen LogP contribution in [0.3, 0.4) is 0 Å². The number of nitrogens with one attached hydrogen (secondary N) is 1. The molecule has 0 spiro atoms. The SMILES string of the molecule is COC1C=COC2(C)Oc3c(C)c(O)c4c(O)c(c(/C=N/c5nccs5)c(O)c4c3C2=O)NC(=O)C(C)=CC=CC(C)C(O)C(C)C(O)C(C)C(OC(C)=O)C1C. The van der Waals surface area contributed by atoms with E-state index in [4.69, 9.17) is 18.9 Å². The third-order valence-corrected chi connectivity index (χ3v) is 11.4. The topological polar surface area (TPSA) is 227 Å². The van der Waals surface area contributed by atoms with E-state index in [0.29, 0.717) is 0 Å². The maximum Gasteiger partial charge on any atom is 0.312 e. The van der Waals surface area contributed by atoms with Gasteiger partial charge in [-0.15, -0.1) is 11.3 Å². The number of rotatable bonds is 4. The highest BCUT2D eigenvalue weighted by molar-refractivity contribution is 7.13. The van der Waals surface area contributed by atoms with Crippen molar-refractivity contribution in [1.82, 2.24) is 4.98 Å². The first-order valence-corrected chi connectivity index (χ1v) is 19.2. The van der Waals surface area contributed by atoms with E-state index >= 15 is 0 Å². The molecule has 6 N–H and O–H groups in total. The number of nitrogens with zero attached hydrogens (tertiary/aromatic N) is 2. The maximum absolute atomic E-state index is 14.3. The summed E-state index contributed by atoms with van der Waals surface area (Å²) < 4.78 is 23.5. The Hall–Kier alpha value is -5.29. The van der Waals surface area contributed by atoms with Crippen LogP contribution in [0, 0.1) is 30.6 Å². The molecule has 9 unspecified atom stereocenters. The molecule has 57 heavy (non-hydrogen) atoms. The minimum atomic E-state index is -2.06. The van der Waals surface area contributed by atoms with Crippen LogP contribution in [-0.2, 0) is 23.8 Å². The highest BCUT2D eigenvalue weighted by Gasteiger charge is 2.50. The number of amides is 1. The number of benzene rings is 2. The lowest BCUT2D eigenvalue weighted by Crippen LogP contribution is -2.46. The second kappa shape index (κ2) is 17.1. The fourth-order valence-corrected chi connectivity index (χ4v) is 7.75. The summed E-state index contributed by atoms with van der Waals surface area (Å²) >= 11 is 1.18. The van der Waals surface area contributed by atoms with Gasteiger partial charge in [-0.2, -0.15) is 0 Å². The standard InChI is InChI=1S/C41H49N3O12S/c1-18-11-10-12-19(2)39(52)44-30-25(17-43-40-42-14-16-57-40)34(49)27-28(35(30)50)33(48)23(6)37-29(27)38(51)41(8,56-37)54-15-13-26(53-9)20(3)36(55-24(7)45)22(5)32(47)21(4)31(18)46/h10-18,20-22,26,31-32,36,46-50H,1-9H3,(H,44,52)/b11-10?,15-13?,19-12?,43-17+. The van der Waals surface area contributed by atoms with E-state index in [1.807, 2.05) is 0 Å². The zero-order valence-corrected chi connectivity index (χ0v) is 34.0. The van der Waals surface area contributed by atoms with Crippen molar-refractivity contribution >= 4 is 56.8 Å². The van der Waals surface area contributed by atoms with Crippen molar-refractivity contribution in [2.24, 2.45) is 28.7 Å². The van der Waals surface area contributed by atoms with Crippen LogP contribution < -0.4 is 10.1 Å². The quantitative estimate of drug-likeness (QED) is 0.0775. The number of Topliss-reactive ketones (excluding diaryl/α,β-unsaturated/α-hetero) is 1. The van der Waals surface area contributed by atoms with Gasteiger partial charge in [0, 0.05) is 78.9 Å². The zero-order valence-electron chi connectivity index (χ0n) is 33.1. The maximum atomic E-state index is 14.3. The van der Waals surface area contributed by atoms with Crippen molar-refractivity contribution in [2.75, 3.05) is 12.4 Å². The highest BCUT2D eigenvalue weighted by atomic mass is 32.1. The molecule has 0 saturated carbocycles. The van der Waals surface area contributed by atoms with Crippen LogP contribution in [-0.4, -0.2) is 91.7 Å². The third-order valence-electron chi connectivity index (χ3n) is 10.8. The molecule has 3 aliphatic heterocycles. The monoisotopic (exact) mass is 807 g/mol. The zero-order chi connectivity index (χ0) is 42.1. The van der Waals surface area contributed by atoms with Crippen LogP contribution in [0.2, 0.25) is 0 Å². The van der Waals surface area contributed by atoms with Crippen molar-refractivity contribution in [3.8, 4) is 23.0 Å². The van der Waals surface area contributed by atoms with Crippen LogP contribution in [0.1, 0.15) is 70.0 Å². The molecule has 6 rings (SSSR count). The number of aliphatic hydroxyl groups is 2. The molecule has 2 aromatic carbocycles. The molecular formula is C41H49N3O12S. The second-order valence-electron chi connectivity index (χ2n) is 14.7. The number of esters is 1. The number of methoxy groups -OCH3 is 1. The van der Waals surface area contributed by atoms with Crippen molar-refractivity contribution in [1.29, 1.82) is 0 Å². The van der Waals surface area contributed by atoms with Gasteiger partial charge in [0.1, 0.15) is 23.4 Å². The number of ether oxygens (including phenoxy) is 4. The van der Waals surface area contributed by atoms with Gasteiger partial charge in [0.25, 0.3) is 11.7 Å². The minimum Gasteiger partial charge on any atom is -0.507 e. The third kappa shape index (κ3) is 8.26. The first-order valence-electron chi connectivity index (χ1n) is 18.4. The van der Waals surface area contributed by atoms with Gasteiger partial charge in [0.15, 0.2) is 5.75 Å². The fraction of sp³-hybridized carbons (Fsp3) is 0.439. The van der Waals surface area contributed by atoms with Crippen molar-refractivity contribution in [3.63, 3.8) is 0 Å². The summed E-state index contributed by atoms with van der Waals surface area (Å²) in [5, 5.41) is 62.0. The lowest BCUT2D eigenvalue weighted by Gasteiger charge is -2.38. The summed E-state index contributed by atoms with van der Waals surface area (Å²) in [6, 6.07) is 0. The molecule has 9 atom stereocenters. The number of aromatic nitrogens is 1. The molecular weight excluding hydrogens is 759 g/mol. The Bertz CT molecular complexity index is 2160. The number of allylic oxidation sites excluding steroid dienone is 2. The number of ketones is 1. The average molecular weight is 808 g/mol. The van der Waals surface area contributed by atoms with E-state index in [0.717, 1.165) is 0 Å². The predicted octanol–water partition coefficient (Wildman–Crippen LogP) is 5.96. The second-order valence-corrected chi connectivity index (χ2v) is 15.6. The Morgan fingerprint density at radius 2 is 1.70 bits per heavy atom. The number of aliphatic imine (C=N–C) groups is 1. The van der Waals surface area contributed by atoms with Gasteiger partial charge in [-0.05, 0) is 19.9 Å². The first-order chi connectivity index (χ1) is 26.8. The van der Waals surface area contributed by atoms with E-state index in [1.54, 1.807) is 45.2 Å². The van der Waals surface area contributed by atoms with Crippen molar-refractivity contribution in [3.05, 3.63) is 64.4 Å². The number of fused-ring (bicyclic) bond motifs is 14. The fourth-order valence-electron chi connectivity index (χ4n) is 7.27. The molecule has 3 aliphatic rings. The van der Waals surface area contributed by atoms with E-state index < -0.39 is 88.8 Å². The summed E-state index contributed by atoms with van der Waals surface area (Å²) in [6.45, 7) is 12.4. The molecule has 5 bridgehead atoms. The van der Waals surface area contributed by atoms with E-state index in [1.165, 1.54) is 77.0 Å². The van der Waals surface area contributed by atoms with Gasteiger partial charge in [0.2, 0.25) is 5.13 Å². The number of aromatic hydroxyl groups is 3. The van der Waals surface area contributed by atoms with Gasteiger partial charge in [0.05, 0.1) is 46.8 Å². The molecule has 1 amide bonds. The van der Waals surface area contributed by atoms with E-state index in [-0.39, 0.29) is 49.6 Å². The normalized spacial score (nSPS) is 28.7. The Morgan fingerprint density at radius 1 is 1.00 bits per heavy atom. The Morgan fingerprint density at radius 3 is 2.33 bits per heavy atom. The van der Waals surface area contributed by atoms with Gasteiger partial charge in [-0.3, -0.25) is 14.4 Å². The molecule has 0 fully saturated rings. The van der Waals surface area contributed by atoms with Gasteiger partial charge in [-0.1, -0.05) is 45.9 Å². The lowest BCUT2D eigenvalue weighted by molar-refractivity contribution is -0.160. The molecule has 0 saturated heterocycles. The number of phenols is 3. The summed E-state index contributed by atoms with van der Waals surface area (Å²) in [4.78, 5) is 48.7. The summed E-state index contributed by atoms with van der Waals surface area (Å²) in [5.41, 5.74) is -0.536. The van der Waals surface area contributed by atoms with Crippen LogP contribution >= 0.6 is 11.3 Å². The summed E-state index contributed by atoms with van der Waals surface area (Å²) in [7, 11) is 1.43. The Kier molecular flexibility index (Phi) is 12.8. The molecule has 16 heteroatoms. The van der Waals surface area contributed by atoms with E-state index in [9.17, 15) is 39.9 Å². The number of aliphatic hydroxyl groups excluding tert-OH is 2. The van der Waals surface area contributed by atoms with Gasteiger partial charge < -0.3 is 49.8 Å². The summed E-state index contributed by atoms with van der Waals surface area (Å²) in [5.74, 6) is -8.57. The molecule has 1 aromatic heterocycles. The number of carbonyl (C=O) groups excluding carboxylic acids is 3. The molecule has 3 aromatic rings. The largest absolute Gasteiger partial charge is 0.507 e. The first kappa shape index (κ1) is 42.8. The number of anilines is 1. The average Bonchev–Trinajstić information content (AvgIpc) is 3.79. The number of carbonyl (C=O) groups is 3. The van der Waals surface area contributed by atoms with Crippen LogP contribution in [0.4, 0.5) is 10.8 Å². The lowest BCUT2D eigenvalue weighted by atomic mass is 9.78. The molecule has 0 radical (unpaired) electrons. The number of thiazole rings is 1. The highest BCUT2D eigenvalue weighted by Crippen LogP contribution is 2.55. The summed E-state index contributed by atoms with van der Waals surface area (Å²) in [6.07, 6.45) is 6.15. The van der Waals surface area contributed by atoms with E-state index in [2.05, 4.69) is 15.3 Å².